The van der Waals surface area contributed by atoms with Gasteiger partial charge in [0.2, 0.25) is 5.89 Å². The molecule has 1 aromatic heterocycles. The first-order chi connectivity index (χ1) is 10.8. The molecular weight excluding hydrogens is 278 g/mol. The molecule has 116 valence electrons. The van der Waals surface area contributed by atoms with Crippen LogP contribution in [0, 0.1) is 0 Å². The van der Waals surface area contributed by atoms with Crippen molar-refractivity contribution in [2.24, 2.45) is 0 Å². The first-order valence-corrected chi connectivity index (χ1v) is 8.05. The van der Waals surface area contributed by atoms with E-state index in [0.717, 1.165) is 31.4 Å². The molecule has 1 aliphatic carbocycles. The van der Waals surface area contributed by atoms with Crippen LogP contribution < -0.4 is 0 Å². The molecule has 0 amide bonds. The fourth-order valence-corrected chi connectivity index (χ4v) is 2.97. The van der Waals surface area contributed by atoms with Crippen LogP contribution in [0.1, 0.15) is 55.1 Å². The summed E-state index contributed by atoms with van der Waals surface area (Å²) in [6.07, 6.45) is 2.50. The fraction of sp³-hybridized carbons (Fsp3) is 0.529. The summed E-state index contributed by atoms with van der Waals surface area (Å²) in [5.41, 5.74) is 1.23. The molecule has 1 saturated heterocycles. The number of rotatable bonds is 4. The zero-order valence-electron chi connectivity index (χ0n) is 12.8. The van der Waals surface area contributed by atoms with E-state index in [4.69, 9.17) is 9.26 Å². The Morgan fingerprint density at radius 3 is 2.82 bits per heavy atom. The molecule has 0 unspecified atom stereocenters. The lowest BCUT2D eigenvalue weighted by atomic mass is 10.1. The predicted octanol–water partition coefficient (Wildman–Crippen LogP) is 3.08. The molecule has 0 spiro atoms. The predicted molar refractivity (Wildman–Crippen MR) is 81.4 cm³/mol. The van der Waals surface area contributed by atoms with Crippen LogP contribution in [0.4, 0.5) is 0 Å². The summed E-state index contributed by atoms with van der Waals surface area (Å²) in [6, 6.07) is 10.5. The van der Waals surface area contributed by atoms with Crippen molar-refractivity contribution in [3.8, 4) is 0 Å². The Hall–Kier alpha value is -1.72. The minimum atomic E-state index is 0.114. The summed E-state index contributed by atoms with van der Waals surface area (Å²) in [7, 11) is 0. The van der Waals surface area contributed by atoms with Crippen LogP contribution in [0.25, 0.3) is 0 Å². The summed E-state index contributed by atoms with van der Waals surface area (Å²) < 4.78 is 11.4. The Bertz CT molecular complexity index is 624. The van der Waals surface area contributed by atoms with Crippen LogP contribution in [-0.2, 0) is 4.74 Å². The van der Waals surface area contributed by atoms with E-state index in [1.165, 1.54) is 18.4 Å². The van der Waals surface area contributed by atoms with Gasteiger partial charge in [0.15, 0.2) is 5.82 Å². The third-order valence-corrected chi connectivity index (χ3v) is 4.57. The molecule has 5 nitrogen and oxygen atoms in total. The van der Waals surface area contributed by atoms with E-state index < -0.39 is 0 Å². The topological polar surface area (TPSA) is 51.4 Å². The highest BCUT2D eigenvalue weighted by atomic mass is 16.5. The van der Waals surface area contributed by atoms with Crippen molar-refractivity contribution in [2.45, 2.75) is 37.8 Å². The molecule has 0 radical (unpaired) electrons. The van der Waals surface area contributed by atoms with Gasteiger partial charge in [0.25, 0.3) is 0 Å². The number of hydrogen-bond donors (Lipinski definition) is 0. The van der Waals surface area contributed by atoms with Gasteiger partial charge < -0.3 is 9.26 Å². The monoisotopic (exact) mass is 299 g/mol. The Labute approximate surface area is 130 Å². The molecule has 2 aromatic rings. The standard InChI is InChI=1S/C17H21N3O2/c1-12(17-18-16(19-22-17)14-7-8-14)20-9-10-21-15(11-20)13-5-3-2-4-6-13/h2-6,12,14-15H,7-11H2,1H3/t12-,15-/m1/s1. The van der Waals surface area contributed by atoms with Crippen molar-refractivity contribution in [1.82, 2.24) is 15.0 Å². The minimum absolute atomic E-state index is 0.114. The van der Waals surface area contributed by atoms with Crippen molar-refractivity contribution >= 4 is 0 Å². The molecule has 1 saturated carbocycles. The van der Waals surface area contributed by atoms with Gasteiger partial charge in [0.1, 0.15) is 0 Å². The van der Waals surface area contributed by atoms with Crippen LogP contribution in [0.15, 0.2) is 34.9 Å². The molecular formula is C17H21N3O2. The van der Waals surface area contributed by atoms with Crippen LogP contribution in [0.5, 0.6) is 0 Å². The summed E-state index contributed by atoms with van der Waals surface area (Å²) in [4.78, 5) is 6.95. The van der Waals surface area contributed by atoms with Crippen LogP contribution >= 0.6 is 0 Å². The average Bonchev–Trinajstić information content (AvgIpc) is 3.32. The molecule has 2 atom stereocenters. The molecule has 0 bridgehead atoms. The van der Waals surface area contributed by atoms with E-state index in [-0.39, 0.29) is 12.1 Å². The Morgan fingerprint density at radius 2 is 2.05 bits per heavy atom. The lowest BCUT2D eigenvalue weighted by molar-refractivity contribution is -0.0469. The van der Waals surface area contributed by atoms with Gasteiger partial charge in [-0.05, 0) is 25.3 Å². The second kappa shape index (κ2) is 5.82. The number of morpholine rings is 1. The SMILES string of the molecule is C[C@H](c1nc(C2CC2)no1)N1CCO[C@@H](c2ccccc2)C1. The Morgan fingerprint density at radius 1 is 1.23 bits per heavy atom. The van der Waals surface area contributed by atoms with Gasteiger partial charge in [0.05, 0.1) is 18.8 Å². The molecule has 2 heterocycles. The average molecular weight is 299 g/mol. The molecule has 5 heteroatoms. The van der Waals surface area contributed by atoms with E-state index in [1.807, 2.05) is 6.07 Å². The van der Waals surface area contributed by atoms with E-state index >= 15 is 0 Å². The van der Waals surface area contributed by atoms with E-state index in [1.54, 1.807) is 0 Å². The first kappa shape index (κ1) is 13.9. The first-order valence-electron chi connectivity index (χ1n) is 8.05. The molecule has 4 rings (SSSR count). The second-order valence-corrected chi connectivity index (χ2v) is 6.21. The molecule has 2 aliphatic rings. The number of hydrogen-bond acceptors (Lipinski definition) is 5. The molecule has 22 heavy (non-hydrogen) atoms. The van der Waals surface area contributed by atoms with Gasteiger partial charge in [-0.3, -0.25) is 4.90 Å². The molecule has 1 aromatic carbocycles. The lowest BCUT2D eigenvalue weighted by Gasteiger charge is -2.35. The zero-order chi connectivity index (χ0) is 14.9. The van der Waals surface area contributed by atoms with Crippen molar-refractivity contribution in [3.63, 3.8) is 0 Å². The number of nitrogens with zero attached hydrogens (tertiary/aromatic N) is 3. The Balaban J connectivity index is 1.46. The van der Waals surface area contributed by atoms with Gasteiger partial charge in [-0.1, -0.05) is 35.5 Å². The van der Waals surface area contributed by atoms with Crippen molar-refractivity contribution in [3.05, 3.63) is 47.6 Å². The number of ether oxygens (including phenoxy) is 1. The third-order valence-electron chi connectivity index (χ3n) is 4.57. The maximum Gasteiger partial charge on any atom is 0.243 e. The highest BCUT2D eigenvalue weighted by Gasteiger charge is 2.32. The lowest BCUT2D eigenvalue weighted by Crippen LogP contribution is -2.40. The smallest absolute Gasteiger partial charge is 0.243 e. The van der Waals surface area contributed by atoms with Crippen molar-refractivity contribution in [2.75, 3.05) is 19.7 Å². The second-order valence-electron chi connectivity index (χ2n) is 6.21. The van der Waals surface area contributed by atoms with Gasteiger partial charge in [0, 0.05) is 19.0 Å². The van der Waals surface area contributed by atoms with Crippen molar-refractivity contribution in [1.29, 1.82) is 0 Å². The number of benzene rings is 1. The quantitative estimate of drug-likeness (QED) is 0.868. The van der Waals surface area contributed by atoms with Gasteiger partial charge in [-0.25, -0.2) is 0 Å². The molecule has 0 N–H and O–H groups in total. The molecule has 2 fully saturated rings. The van der Waals surface area contributed by atoms with Gasteiger partial charge >= 0.3 is 0 Å². The van der Waals surface area contributed by atoms with Crippen LogP contribution in [0.2, 0.25) is 0 Å². The minimum Gasteiger partial charge on any atom is -0.371 e. The highest BCUT2D eigenvalue weighted by molar-refractivity contribution is 5.18. The fourth-order valence-electron chi connectivity index (χ4n) is 2.97. The van der Waals surface area contributed by atoms with Gasteiger partial charge in [-0.15, -0.1) is 0 Å². The summed E-state index contributed by atoms with van der Waals surface area (Å²) in [5, 5.41) is 4.13. The largest absolute Gasteiger partial charge is 0.371 e. The summed E-state index contributed by atoms with van der Waals surface area (Å²) >= 11 is 0. The third kappa shape index (κ3) is 2.78. The van der Waals surface area contributed by atoms with E-state index in [0.29, 0.717) is 5.92 Å². The van der Waals surface area contributed by atoms with Crippen LogP contribution in [-0.4, -0.2) is 34.7 Å². The van der Waals surface area contributed by atoms with Gasteiger partial charge in [-0.2, -0.15) is 4.98 Å². The van der Waals surface area contributed by atoms with E-state index in [2.05, 4.69) is 46.2 Å². The maximum atomic E-state index is 5.93. The summed E-state index contributed by atoms with van der Waals surface area (Å²) in [6.45, 7) is 4.61. The van der Waals surface area contributed by atoms with Crippen LogP contribution in [0.3, 0.4) is 0 Å². The maximum absolute atomic E-state index is 5.93. The Kier molecular flexibility index (Phi) is 3.68. The van der Waals surface area contributed by atoms with Crippen molar-refractivity contribution < 1.29 is 9.26 Å². The number of aromatic nitrogens is 2. The summed E-state index contributed by atoms with van der Waals surface area (Å²) in [5.74, 6) is 2.15. The normalized spacial score (nSPS) is 24.3. The highest BCUT2D eigenvalue weighted by Crippen LogP contribution is 2.39. The van der Waals surface area contributed by atoms with E-state index in [9.17, 15) is 0 Å². The zero-order valence-corrected chi connectivity index (χ0v) is 12.8. The molecule has 1 aliphatic heterocycles.